The maximum absolute atomic E-state index is 13.4. The van der Waals surface area contributed by atoms with Gasteiger partial charge in [0.15, 0.2) is 0 Å². The normalized spacial score (nSPS) is 16.8. The number of hydrogen-bond acceptors (Lipinski definition) is 4. The highest BCUT2D eigenvalue weighted by Crippen LogP contribution is 2.44. The van der Waals surface area contributed by atoms with Crippen LogP contribution in [0.4, 0.5) is 0 Å². The van der Waals surface area contributed by atoms with Crippen molar-refractivity contribution in [3.05, 3.63) is 42.4 Å². The Labute approximate surface area is 193 Å². The number of benzene rings is 1. The Morgan fingerprint density at radius 2 is 1.85 bits per heavy atom. The van der Waals surface area contributed by atoms with E-state index in [9.17, 15) is 24.6 Å². The number of aromatic amines is 1. The van der Waals surface area contributed by atoms with Gasteiger partial charge in [-0.05, 0) is 25.7 Å². The average molecular weight is 458 g/mol. The van der Waals surface area contributed by atoms with Gasteiger partial charge in [-0.1, -0.05) is 56.5 Å². The molecule has 1 aromatic heterocycles. The summed E-state index contributed by atoms with van der Waals surface area (Å²) >= 11 is 0. The number of oxazole rings is 1. The van der Waals surface area contributed by atoms with E-state index in [1.54, 1.807) is 6.20 Å². The maximum Gasteiger partial charge on any atom is 0.347 e. The quantitative estimate of drug-likeness (QED) is 0.445. The van der Waals surface area contributed by atoms with Crippen LogP contribution in [0.5, 0.6) is 0 Å². The molecule has 1 aromatic carbocycles. The molecular formula is C25H33N2O6+. The van der Waals surface area contributed by atoms with Gasteiger partial charge in [0.05, 0.1) is 30.2 Å². The number of nitrogens with one attached hydrogen (secondary N) is 2. The van der Waals surface area contributed by atoms with Crippen molar-refractivity contribution in [2.45, 2.75) is 70.8 Å². The monoisotopic (exact) mass is 457 g/mol. The van der Waals surface area contributed by atoms with Crippen molar-refractivity contribution >= 4 is 17.8 Å². The first-order valence-corrected chi connectivity index (χ1v) is 11.6. The molecule has 0 saturated heterocycles. The van der Waals surface area contributed by atoms with Crippen LogP contribution in [0.25, 0.3) is 11.3 Å². The summed E-state index contributed by atoms with van der Waals surface area (Å²) in [5.41, 5.74) is 0.121. The van der Waals surface area contributed by atoms with Gasteiger partial charge in [-0.15, -0.1) is 0 Å². The second-order valence-electron chi connectivity index (χ2n) is 9.03. The van der Waals surface area contributed by atoms with Gasteiger partial charge in [0, 0.05) is 5.56 Å². The minimum Gasteiger partial charge on any atom is -0.481 e. The standard InChI is InChI=1S/C25H32N2O6/c1-2-8-18(23(30)31)15-25(11-6-7-12-25)24(32)27-19(14-22(28)29)13-21-26-16-20(33-21)17-9-4-3-5-10-17/h3-5,9-10,16,18-19H,2,6-8,11-15H2,1H3,(H,27,32)(H,28,29)(H,30,31)/p+1/t18-,19+/m1/s1. The van der Waals surface area contributed by atoms with E-state index in [1.165, 1.54) is 0 Å². The van der Waals surface area contributed by atoms with Crippen LogP contribution in [0.15, 0.2) is 40.9 Å². The molecule has 0 aliphatic heterocycles. The van der Waals surface area contributed by atoms with Crippen molar-refractivity contribution in [3.8, 4) is 11.3 Å². The average Bonchev–Trinajstić information content (AvgIpc) is 3.44. The summed E-state index contributed by atoms with van der Waals surface area (Å²) in [7, 11) is 0. The van der Waals surface area contributed by atoms with E-state index in [0.29, 0.717) is 30.9 Å². The molecule has 1 saturated carbocycles. The Morgan fingerprint density at radius 3 is 2.45 bits per heavy atom. The van der Waals surface area contributed by atoms with E-state index in [2.05, 4.69) is 10.3 Å². The number of carboxylic acid groups (broad SMARTS) is 2. The van der Waals surface area contributed by atoms with Crippen molar-refractivity contribution in [2.24, 2.45) is 11.3 Å². The lowest BCUT2D eigenvalue weighted by Gasteiger charge is -2.32. The first-order chi connectivity index (χ1) is 15.8. The smallest absolute Gasteiger partial charge is 0.347 e. The lowest BCUT2D eigenvalue weighted by atomic mass is 9.75. The second-order valence-corrected chi connectivity index (χ2v) is 9.03. The van der Waals surface area contributed by atoms with E-state index in [1.807, 2.05) is 37.3 Å². The molecule has 0 unspecified atom stereocenters. The van der Waals surface area contributed by atoms with Gasteiger partial charge in [-0.3, -0.25) is 14.4 Å². The van der Waals surface area contributed by atoms with E-state index in [4.69, 9.17) is 4.42 Å². The highest BCUT2D eigenvalue weighted by atomic mass is 16.4. The third kappa shape index (κ3) is 6.43. The molecule has 3 rings (SSSR count). The molecule has 1 heterocycles. The first-order valence-electron chi connectivity index (χ1n) is 11.6. The molecule has 1 fully saturated rings. The molecule has 0 bridgehead atoms. The summed E-state index contributed by atoms with van der Waals surface area (Å²) < 4.78 is 5.86. The number of amides is 1. The van der Waals surface area contributed by atoms with Gasteiger partial charge in [-0.2, -0.15) is 4.98 Å². The van der Waals surface area contributed by atoms with Crippen molar-refractivity contribution in [2.75, 3.05) is 0 Å². The predicted octanol–water partition coefficient (Wildman–Crippen LogP) is 3.71. The Kier molecular flexibility index (Phi) is 8.25. The van der Waals surface area contributed by atoms with Crippen LogP contribution >= 0.6 is 0 Å². The zero-order valence-corrected chi connectivity index (χ0v) is 19.0. The summed E-state index contributed by atoms with van der Waals surface area (Å²) in [5.74, 6) is -1.63. The third-order valence-electron chi connectivity index (χ3n) is 6.51. The summed E-state index contributed by atoms with van der Waals surface area (Å²) in [5, 5.41) is 22.0. The fourth-order valence-electron chi connectivity index (χ4n) is 4.84. The van der Waals surface area contributed by atoms with Gasteiger partial charge in [0.1, 0.15) is 0 Å². The fraction of sp³-hybridized carbons (Fsp3) is 0.520. The molecule has 1 aliphatic carbocycles. The lowest BCUT2D eigenvalue weighted by Crippen LogP contribution is -2.47. The molecule has 1 amide bonds. The third-order valence-corrected chi connectivity index (χ3v) is 6.51. The predicted molar refractivity (Wildman–Crippen MR) is 120 cm³/mol. The topological polar surface area (TPSA) is 131 Å². The number of hydrogen-bond donors (Lipinski definition) is 3. The molecule has 0 spiro atoms. The minimum atomic E-state index is -1.02. The summed E-state index contributed by atoms with van der Waals surface area (Å²) in [4.78, 5) is 39.7. The van der Waals surface area contributed by atoms with E-state index < -0.39 is 29.3 Å². The number of rotatable bonds is 12. The van der Waals surface area contributed by atoms with Gasteiger partial charge in [0.2, 0.25) is 17.9 Å². The summed E-state index contributed by atoms with van der Waals surface area (Å²) in [6.07, 6.45) is 6.16. The molecule has 33 heavy (non-hydrogen) atoms. The maximum atomic E-state index is 13.4. The molecule has 8 nitrogen and oxygen atoms in total. The second kappa shape index (κ2) is 11.1. The molecule has 178 valence electrons. The Balaban J connectivity index is 1.74. The number of carbonyl (C=O) groups is 3. The molecular weight excluding hydrogens is 424 g/mol. The zero-order chi connectivity index (χ0) is 23.8. The van der Waals surface area contributed by atoms with Crippen LogP contribution in [0.3, 0.4) is 0 Å². The largest absolute Gasteiger partial charge is 0.481 e. The van der Waals surface area contributed by atoms with E-state index in [0.717, 1.165) is 24.8 Å². The highest BCUT2D eigenvalue weighted by molar-refractivity contribution is 5.84. The number of H-pyrrole nitrogens is 1. The molecule has 2 aromatic rings. The van der Waals surface area contributed by atoms with Gasteiger partial charge < -0.3 is 19.9 Å². The summed E-state index contributed by atoms with van der Waals surface area (Å²) in [6, 6.07) is 8.85. The van der Waals surface area contributed by atoms with Crippen molar-refractivity contribution in [1.29, 1.82) is 0 Å². The van der Waals surface area contributed by atoms with Crippen molar-refractivity contribution in [3.63, 3.8) is 0 Å². The number of carboxylic acids is 2. The molecule has 1 aliphatic rings. The Hall–Kier alpha value is -3.16. The van der Waals surface area contributed by atoms with Crippen LogP contribution in [-0.4, -0.2) is 34.1 Å². The van der Waals surface area contributed by atoms with Crippen LogP contribution < -0.4 is 10.3 Å². The van der Waals surface area contributed by atoms with Crippen LogP contribution in [0.1, 0.15) is 64.2 Å². The fourth-order valence-corrected chi connectivity index (χ4v) is 4.84. The van der Waals surface area contributed by atoms with Crippen molar-refractivity contribution < 1.29 is 34.0 Å². The number of aromatic nitrogens is 1. The Morgan fingerprint density at radius 1 is 1.15 bits per heavy atom. The molecule has 0 radical (unpaired) electrons. The van der Waals surface area contributed by atoms with Gasteiger partial charge in [-0.25, -0.2) is 0 Å². The minimum absolute atomic E-state index is 0.193. The highest BCUT2D eigenvalue weighted by Gasteiger charge is 2.44. The van der Waals surface area contributed by atoms with E-state index >= 15 is 0 Å². The first kappa shape index (κ1) is 24.5. The molecule has 2 atom stereocenters. The summed E-state index contributed by atoms with van der Waals surface area (Å²) in [6.45, 7) is 1.93. The lowest BCUT2D eigenvalue weighted by molar-refractivity contribution is -0.397. The Bertz CT molecular complexity index is 949. The number of aliphatic carboxylic acids is 2. The van der Waals surface area contributed by atoms with Gasteiger partial charge in [0.25, 0.3) is 0 Å². The van der Waals surface area contributed by atoms with Gasteiger partial charge >= 0.3 is 17.8 Å². The van der Waals surface area contributed by atoms with Crippen LogP contribution in [0.2, 0.25) is 0 Å². The zero-order valence-electron chi connectivity index (χ0n) is 19.0. The molecule has 4 N–H and O–H groups in total. The molecule has 8 heteroatoms. The van der Waals surface area contributed by atoms with Crippen molar-refractivity contribution in [1.82, 2.24) is 5.32 Å². The van der Waals surface area contributed by atoms with Crippen LogP contribution in [0, 0.1) is 11.3 Å². The van der Waals surface area contributed by atoms with E-state index in [-0.39, 0.29) is 25.2 Å². The van der Waals surface area contributed by atoms with Crippen LogP contribution in [-0.2, 0) is 20.8 Å². The SMILES string of the molecule is CCC[C@H](CC1(C(=O)N[C@H](CC(=O)O)Cc2[nH+]cc(-c3ccccc3)o2)CCCC1)C(=O)O. The number of carbonyl (C=O) groups excluding carboxylic acids is 1.